The molecule has 0 radical (unpaired) electrons. The molecule has 0 atom stereocenters. The van der Waals surface area contributed by atoms with Crippen molar-refractivity contribution in [2.45, 2.75) is 0 Å². The van der Waals surface area contributed by atoms with Gasteiger partial charge in [-0.25, -0.2) is 5.32 Å². The molecule has 7 nitrogen and oxygen atoms in total. The third-order valence-electron chi connectivity index (χ3n) is 4.14. The highest BCUT2D eigenvalue weighted by Crippen LogP contribution is 2.16. The molecule has 1 aromatic heterocycles. The minimum atomic E-state index is 0.726. The lowest BCUT2D eigenvalue weighted by Gasteiger charge is -2.15. The molecule has 0 spiro atoms. The van der Waals surface area contributed by atoms with Crippen LogP contribution in [0.25, 0.3) is 0 Å². The lowest BCUT2D eigenvalue weighted by molar-refractivity contribution is -0.486. The molecule has 0 amide bonds. The summed E-state index contributed by atoms with van der Waals surface area (Å²) in [5.41, 5.74) is 0. The fraction of sp³-hybridized carbons (Fsp3) is 0.533. The van der Waals surface area contributed by atoms with Crippen molar-refractivity contribution in [3.05, 3.63) is 18.2 Å². The number of pyridine rings is 1. The first-order chi connectivity index (χ1) is 10.5. The molecule has 118 valence electrons. The highest BCUT2D eigenvalue weighted by molar-refractivity contribution is 5.89. The zero-order chi connectivity index (χ0) is 15.7. The second-order valence-electron chi connectivity index (χ2n) is 5.93. The Morgan fingerprint density at radius 3 is 2.45 bits per heavy atom. The van der Waals surface area contributed by atoms with Crippen LogP contribution in [0.4, 0.5) is 11.6 Å². The van der Waals surface area contributed by atoms with Gasteiger partial charge in [-0.1, -0.05) is 6.07 Å². The summed E-state index contributed by atoms with van der Waals surface area (Å²) in [6, 6.07) is 5.89. The van der Waals surface area contributed by atoms with E-state index < -0.39 is 0 Å². The summed E-state index contributed by atoms with van der Waals surface area (Å²) in [5.74, 6) is 3.59. The predicted molar refractivity (Wildman–Crippen MR) is 88.9 cm³/mol. The van der Waals surface area contributed by atoms with E-state index in [0.717, 1.165) is 49.7 Å². The normalized spacial score (nSPS) is 18.5. The van der Waals surface area contributed by atoms with E-state index in [1.54, 1.807) is 0 Å². The standard InChI is InChI=1S/C15H23N7/c1-19-8-9-20(2)14(19)17-12-6-5-7-13(16-12)18-15-21(3)10-11-22(15)4/h5-7H,8-11H2,1-4H3/p+1. The molecule has 22 heavy (non-hydrogen) atoms. The SMILES string of the molecule is CN1CCN(C)C1=Nc1cccc(NC2=[N+](C)CCN2C)n1. The van der Waals surface area contributed by atoms with E-state index in [2.05, 4.69) is 62.8 Å². The number of hydrogen-bond acceptors (Lipinski definition) is 4. The average Bonchev–Trinajstić information content (AvgIpc) is 2.98. The summed E-state index contributed by atoms with van der Waals surface area (Å²) in [7, 11) is 8.28. The van der Waals surface area contributed by atoms with Crippen molar-refractivity contribution < 1.29 is 4.58 Å². The van der Waals surface area contributed by atoms with Gasteiger partial charge < -0.3 is 9.80 Å². The lowest BCUT2D eigenvalue weighted by atomic mass is 10.4. The van der Waals surface area contributed by atoms with Crippen LogP contribution in [0.2, 0.25) is 0 Å². The first kappa shape index (κ1) is 14.6. The monoisotopic (exact) mass is 302 g/mol. The van der Waals surface area contributed by atoms with Crippen LogP contribution >= 0.6 is 0 Å². The minimum Gasteiger partial charge on any atom is -0.344 e. The highest BCUT2D eigenvalue weighted by Gasteiger charge is 2.25. The molecule has 0 aromatic carbocycles. The second kappa shape index (κ2) is 5.82. The van der Waals surface area contributed by atoms with E-state index in [1.165, 1.54) is 0 Å². The van der Waals surface area contributed by atoms with E-state index >= 15 is 0 Å². The number of aromatic nitrogens is 1. The molecule has 0 saturated carbocycles. The number of rotatable bonds is 2. The molecule has 0 unspecified atom stereocenters. The van der Waals surface area contributed by atoms with Gasteiger partial charge in [-0.15, -0.1) is 0 Å². The van der Waals surface area contributed by atoms with Crippen LogP contribution in [0.5, 0.6) is 0 Å². The van der Waals surface area contributed by atoms with Crippen LogP contribution in [-0.2, 0) is 0 Å². The van der Waals surface area contributed by atoms with Crippen LogP contribution in [0.1, 0.15) is 0 Å². The molecule has 1 aromatic rings. The molecule has 7 heteroatoms. The Hall–Kier alpha value is -2.31. The van der Waals surface area contributed by atoms with Crippen molar-refractivity contribution in [2.24, 2.45) is 4.99 Å². The van der Waals surface area contributed by atoms with Crippen LogP contribution in [-0.4, -0.2) is 90.5 Å². The van der Waals surface area contributed by atoms with E-state index in [1.807, 2.05) is 18.2 Å². The van der Waals surface area contributed by atoms with Gasteiger partial charge in [0, 0.05) is 27.2 Å². The van der Waals surface area contributed by atoms with Crippen molar-refractivity contribution in [1.82, 2.24) is 19.7 Å². The number of anilines is 1. The van der Waals surface area contributed by atoms with Gasteiger partial charge in [-0.3, -0.25) is 9.48 Å². The molecule has 0 aliphatic carbocycles. The number of hydrogen-bond donors (Lipinski definition) is 1. The molecule has 1 N–H and O–H groups in total. The highest BCUT2D eigenvalue weighted by atomic mass is 15.4. The molecular weight excluding hydrogens is 278 g/mol. The molecule has 3 rings (SSSR count). The first-order valence-electron chi connectivity index (χ1n) is 7.59. The Morgan fingerprint density at radius 1 is 1.09 bits per heavy atom. The Morgan fingerprint density at radius 2 is 1.82 bits per heavy atom. The van der Waals surface area contributed by atoms with E-state index in [0.29, 0.717) is 0 Å². The second-order valence-corrected chi connectivity index (χ2v) is 5.93. The minimum absolute atomic E-state index is 0.726. The van der Waals surface area contributed by atoms with Gasteiger partial charge in [-0.05, 0) is 12.1 Å². The first-order valence-corrected chi connectivity index (χ1v) is 7.59. The Balaban J connectivity index is 1.81. The zero-order valence-corrected chi connectivity index (χ0v) is 13.7. The van der Waals surface area contributed by atoms with Crippen molar-refractivity contribution in [1.29, 1.82) is 0 Å². The molecule has 3 heterocycles. The molecule has 1 fully saturated rings. The Bertz CT molecular complexity index is 610. The van der Waals surface area contributed by atoms with Crippen LogP contribution in [0.3, 0.4) is 0 Å². The summed E-state index contributed by atoms with van der Waals surface area (Å²) >= 11 is 0. The van der Waals surface area contributed by atoms with Gasteiger partial charge in [0.05, 0.1) is 27.2 Å². The van der Waals surface area contributed by atoms with Crippen LogP contribution < -0.4 is 5.32 Å². The predicted octanol–water partition coefficient (Wildman–Crippen LogP) is 0.302. The number of likely N-dealkylation sites (N-methyl/N-ethyl adjacent to an activating group) is 4. The van der Waals surface area contributed by atoms with E-state index in [9.17, 15) is 0 Å². The molecule has 0 bridgehead atoms. The Labute approximate surface area is 131 Å². The van der Waals surface area contributed by atoms with Gasteiger partial charge in [-0.2, -0.15) is 9.98 Å². The molecular formula is C15H24N7+. The van der Waals surface area contributed by atoms with Crippen LogP contribution in [0, 0.1) is 0 Å². The largest absolute Gasteiger partial charge is 0.354 e. The number of aliphatic imine (C=N–C) groups is 1. The lowest BCUT2D eigenvalue weighted by Crippen LogP contribution is -2.32. The summed E-state index contributed by atoms with van der Waals surface area (Å²) in [5, 5.41) is 3.39. The third kappa shape index (κ3) is 2.84. The third-order valence-corrected chi connectivity index (χ3v) is 4.14. The molecule has 2 aliphatic rings. The van der Waals surface area contributed by atoms with Gasteiger partial charge in [0.15, 0.2) is 11.6 Å². The van der Waals surface area contributed by atoms with Gasteiger partial charge in [0.2, 0.25) is 5.96 Å². The van der Waals surface area contributed by atoms with Gasteiger partial charge in [0.1, 0.15) is 0 Å². The fourth-order valence-corrected chi connectivity index (χ4v) is 2.73. The van der Waals surface area contributed by atoms with Gasteiger partial charge >= 0.3 is 5.96 Å². The van der Waals surface area contributed by atoms with E-state index in [-0.39, 0.29) is 0 Å². The zero-order valence-electron chi connectivity index (χ0n) is 13.7. The summed E-state index contributed by atoms with van der Waals surface area (Å²) < 4.78 is 2.19. The average molecular weight is 302 g/mol. The summed E-state index contributed by atoms with van der Waals surface area (Å²) in [6.07, 6.45) is 0. The van der Waals surface area contributed by atoms with Gasteiger partial charge in [0.25, 0.3) is 0 Å². The number of nitrogens with zero attached hydrogens (tertiary/aromatic N) is 6. The summed E-state index contributed by atoms with van der Waals surface area (Å²) in [6.45, 7) is 4.05. The number of guanidine groups is 2. The molecule has 2 aliphatic heterocycles. The fourth-order valence-electron chi connectivity index (χ4n) is 2.73. The quantitative estimate of drug-likeness (QED) is 0.797. The van der Waals surface area contributed by atoms with Crippen molar-refractivity contribution in [3.8, 4) is 0 Å². The number of nitrogens with one attached hydrogen (secondary N) is 1. The molecule has 1 saturated heterocycles. The van der Waals surface area contributed by atoms with E-state index in [4.69, 9.17) is 0 Å². The maximum absolute atomic E-state index is 4.67. The summed E-state index contributed by atoms with van der Waals surface area (Å²) in [4.78, 5) is 15.8. The maximum atomic E-state index is 4.67. The van der Waals surface area contributed by atoms with Crippen LogP contribution in [0.15, 0.2) is 23.2 Å². The van der Waals surface area contributed by atoms with Crippen molar-refractivity contribution >= 4 is 23.6 Å². The topological polar surface area (TPSA) is 50.0 Å². The van der Waals surface area contributed by atoms with Crippen molar-refractivity contribution in [2.75, 3.05) is 59.7 Å². The van der Waals surface area contributed by atoms with Crippen molar-refractivity contribution in [3.63, 3.8) is 0 Å². The maximum Gasteiger partial charge on any atom is 0.354 e. The Kier molecular flexibility index (Phi) is 3.87. The smallest absolute Gasteiger partial charge is 0.344 e.